The van der Waals surface area contributed by atoms with Crippen molar-refractivity contribution in [3.63, 3.8) is 0 Å². The Kier molecular flexibility index (Phi) is 5.17. The number of hydrogen-bond acceptors (Lipinski definition) is 0. The van der Waals surface area contributed by atoms with Gasteiger partial charge in [-0.25, -0.2) is 0 Å². The lowest BCUT2D eigenvalue weighted by Crippen LogP contribution is -1.92. The summed E-state index contributed by atoms with van der Waals surface area (Å²) < 4.78 is 0. The normalized spacial score (nSPS) is 25.3. The van der Waals surface area contributed by atoms with Crippen LogP contribution in [0.1, 0.15) is 39.5 Å². The van der Waals surface area contributed by atoms with E-state index in [2.05, 4.69) is 31.7 Å². The third-order valence-corrected chi connectivity index (χ3v) is 3.04. The molecule has 2 bridgehead atoms. The third kappa shape index (κ3) is 3.54. The zero-order valence-corrected chi connectivity index (χ0v) is 10.00. The smallest absolute Gasteiger partial charge is 0.0125 e. The first kappa shape index (κ1) is 12.0. The Labute approximate surface area is 94.1 Å². The van der Waals surface area contributed by atoms with Crippen molar-refractivity contribution < 1.29 is 0 Å². The van der Waals surface area contributed by atoms with E-state index < -0.39 is 0 Å². The van der Waals surface area contributed by atoms with Crippen LogP contribution in [0.3, 0.4) is 0 Å². The van der Waals surface area contributed by atoms with Gasteiger partial charge in [0.15, 0.2) is 0 Å². The topological polar surface area (TPSA) is 0 Å². The molecule has 0 heteroatoms. The van der Waals surface area contributed by atoms with Gasteiger partial charge in [0.1, 0.15) is 0 Å². The van der Waals surface area contributed by atoms with Gasteiger partial charge in [-0.05, 0) is 51.0 Å². The van der Waals surface area contributed by atoms with Crippen molar-refractivity contribution in [2.24, 2.45) is 5.92 Å². The fraction of sp³-hybridized carbons (Fsp3) is 0.467. The summed E-state index contributed by atoms with van der Waals surface area (Å²) in [6.45, 7) is 7.70. The van der Waals surface area contributed by atoms with Gasteiger partial charge in [0.2, 0.25) is 0 Å². The maximum absolute atomic E-state index is 3.55. The van der Waals surface area contributed by atoms with Gasteiger partial charge < -0.3 is 0 Å². The molecule has 1 unspecified atom stereocenters. The molecule has 0 spiro atoms. The number of rotatable bonds is 2. The highest BCUT2D eigenvalue weighted by atomic mass is 14.3. The lowest BCUT2D eigenvalue weighted by Gasteiger charge is -2.06. The van der Waals surface area contributed by atoms with Crippen LogP contribution in [0.4, 0.5) is 0 Å². The molecule has 1 fully saturated rings. The Morgan fingerprint density at radius 3 is 2.53 bits per heavy atom. The van der Waals surface area contributed by atoms with Gasteiger partial charge in [0.05, 0.1) is 0 Å². The largest absolute Gasteiger partial charge is 0.103 e. The van der Waals surface area contributed by atoms with Crippen molar-refractivity contribution in [3.05, 3.63) is 48.1 Å². The van der Waals surface area contributed by atoms with Crippen LogP contribution in [0.25, 0.3) is 0 Å². The molecule has 0 saturated heterocycles. The first-order valence-electron chi connectivity index (χ1n) is 5.89. The maximum atomic E-state index is 3.55. The predicted molar refractivity (Wildman–Crippen MR) is 68.8 cm³/mol. The molecule has 0 heterocycles. The van der Waals surface area contributed by atoms with Gasteiger partial charge in [-0.2, -0.15) is 0 Å². The average molecular weight is 202 g/mol. The first-order valence-corrected chi connectivity index (χ1v) is 5.89. The van der Waals surface area contributed by atoms with Gasteiger partial charge in [0.25, 0.3) is 0 Å². The SMILES string of the molecule is C/C=C1\C=C2CCC1C2.C=CC/C=C/C. The minimum absolute atomic E-state index is 0.921. The molecule has 2 aliphatic rings. The minimum atomic E-state index is 0.921. The third-order valence-electron chi connectivity index (χ3n) is 3.04. The second-order valence-electron chi connectivity index (χ2n) is 4.12. The molecule has 0 aromatic carbocycles. The molecule has 0 N–H and O–H groups in total. The average Bonchev–Trinajstić information content (AvgIpc) is 2.88. The molecular formula is C15H22. The van der Waals surface area contributed by atoms with Crippen LogP contribution in [-0.4, -0.2) is 0 Å². The van der Waals surface area contributed by atoms with Crippen molar-refractivity contribution in [2.75, 3.05) is 0 Å². The molecule has 82 valence electrons. The van der Waals surface area contributed by atoms with Crippen LogP contribution >= 0.6 is 0 Å². The molecule has 1 atom stereocenters. The molecule has 0 aliphatic heterocycles. The summed E-state index contributed by atoms with van der Waals surface area (Å²) in [5.74, 6) is 0.921. The molecule has 0 amide bonds. The quantitative estimate of drug-likeness (QED) is 0.564. The van der Waals surface area contributed by atoms with Crippen LogP contribution < -0.4 is 0 Å². The molecule has 0 aromatic rings. The molecule has 0 aromatic heterocycles. The summed E-state index contributed by atoms with van der Waals surface area (Å²) in [5, 5.41) is 0. The van der Waals surface area contributed by atoms with Crippen LogP contribution in [0.15, 0.2) is 48.1 Å². The van der Waals surface area contributed by atoms with Crippen LogP contribution in [0.5, 0.6) is 0 Å². The van der Waals surface area contributed by atoms with Crippen molar-refractivity contribution >= 4 is 0 Å². The Morgan fingerprint density at radius 1 is 1.47 bits per heavy atom. The first-order chi connectivity index (χ1) is 7.31. The fourth-order valence-corrected chi connectivity index (χ4v) is 2.20. The van der Waals surface area contributed by atoms with Crippen LogP contribution in [0, 0.1) is 5.92 Å². The van der Waals surface area contributed by atoms with Crippen molar-refractivity contribution in [1.82, 2.24) is 0 Å². The molecule has 0 radical (unpaired) electrons. The summed E-state index contributed by atoms with van der Waals surface area (Å²) in [7, 11) is 0. The molecular weight excluding hydrogens is 180 g/mol. The Balaban J connectivity index is 0.000000167. The summed E-state index contributed by atoms with van der Waals surface area (Å²) in [6, 6.07) is 0. The molecule has 2 rings (SSSR count). The van der Waals surface area contributed by atoms with E-state index in [0.29, 0.717) is 0 Å². The van der Waals surface area contributed by atoms with Gasteiger partial charge in [-0.3, -0.25) is 0 Å². The zero-order valence-electron chi connectivity index (χ0n) is 10.00. The maximum Gasteiger partial charge on any atom is -0.0125 e. The van der Waals surface area contributed by atoms with Crippen LogP contribution in [0.2, 0.25) is 0 Å². The summed E-state index contributed by atoms with van der Waals surface area (Å²) in [5.41, 5.74) is 3.28. The number of fused-ring (bicyclic) bond motifs is 2. The predicted octanol–water partition coefficient (Wildman–Crippen LogP) is 4.81. The molecule has 15 heavy (non-hydrogen) atoms. The Hall–Kier alpha value is -1.04. The van der Waals surface area contributed by atoms with Gasteiger partial charge in [-0.15, -0.1) is 6.58 Å². The fourth-order valence-electron chi connectivity index (χ4n) is 2.20. The Bertz CT molecular complexity index is 289. The van der Waals surface area contributed by atoms with E-state index in [4.69, 9.17) is 0 Å². The van der Waals surface area contributed by atoms with E-state index in [0.717, 1.165) is 12.3 Å². The van der Waals surface area contributed by atoms with Gasteiger partial charge in [0, 0.05) is 0 Å². The van der Waals surface area contributed by atoms with Crippen molar-refractivity contribution in [3.8, 4) is 0 Å². The minimum Gasteiger partial charge on any atom is -0.103 e. The number of allylic oxidation sites excluding steroid dienone is 7. The van der Waals surface area contributed by atoms with E-state index in [-0.39, 0.29) is 0 Å². The van der Waals surface area contributed by atoms with E-state index in [1.807, 2.05) is 19.1 Å². The highest BCUT2D eigenvalue weighted by Gasteiger charge is 2.27. The monoisotopic (exact) mass is 202 g/mol. The number of hydrogen-bond donors (Lipinski definition) is 0. The summed E-state index contributed by atoms with van der Waals surface area (Å²) >= 11 is 0. The van der Waals surface area contributed by atoms with Gasteiger partial charge in [-0.1, -0.05) is 36.0 Å². The Morgan fingerprint density at radius 2 is 2.27 bits per heavy atom. The highest BCUT2D eigenvalue weighted by Crippen LogP contribution is 2.42. The lowest BCUT2D eigenvalue weighted by molar-refractivity contribution is 0.671. The lowest BCUT2D eigenvalue weighted by atomic mass is 9.99. The molecule has 2 aliphatic carbocycles. The van der Waals surface area contributed by atoms with Crippen molar-refractivity contribution in [1.29, 1.82) is 0 Å². The summed E-state index contributed by atoms with van der Waals surface area (Å²) in [6.07, 6.45) is 15.8. The van der Waals surface area contributed by atoms with E-state index >= 15 is 0 Å². The second kappa shape index (κ2) is 6.44. The van der Waals surface area contributed by atoms with E-state index in [1.165, 1.54) is 19.3 Å². The molecule has 1 saturated carbocycles. The standard InChI is InChI=1S/C9H12.C6H10/c1-2-8-5-7-3-4-9(8)6-7;1-3-5-6-4-2/h2,5,9H,3-4,6H2,1H3;3-4,6H,1,5H2,2H3/b8-2+;6-4+. The van der Waals surface area contributed by atoms with Gasteiger partial charge >= 0.3 is 0 Å². The second-order valence-corrected chi connectivity index (χ2v) is 4.12. The zero-order chi connectivity index (χ0) is 11.1. The molecule has 0 nitrogen and oxygen atoms in total. The summed E-state index contributed by atoms with van der Waals surface area (Å²) in [4.78, 5) is 0. The van der Waals surface area contributed by atoms with Crippen LogP contribution in [-0.2, 0) is 0 Å². The van der Waals surface area contributed by atoms with E-state index in [9.17, 15) is 0 Å². The highest BCUT2D eigenvalue weighted by molar-refractivity contribution is 5.36. The van der Waals surface area contributed by atoms with E-state index in [1.54, 1.807) is 11.1 Å². The van der Waals surface area contributed by atoms with Crippen molar-refractivity contribution in [2.45, 2.75) is 39.5 Å².